The van der Waals surface area contributed by atoms with Gasteiger partial charge in [0.25, 0.3) is 0 Å². The second-order valence-electron chi connectivity index (χ2n) is 5.71. The summed E-state index contributed by atoms with van der Waals surface area (Å²) in [5, 5.41) is 0. The van der Waals surface area contributed by atoms with E-state index < -0.39 is 11.6 Å². The van der Waals surface area contributed by atoms with Crippen molar-refractivity contribution in [3.63, 3.8) is 0 Å². The Bertz CT molecular complexity index is 979. The number of hydrogen-bond donors (Lipinski definition) is 0. The molecule has 0 aliphatic carbocycles. The maximum Gasteiger partial charge on any atom is 2.00 e. The van der Waals surface area contributed by atoms with Crippen molar-refractivity contribution >= 4 is 0 Å². The molecule has 0 bridgehead atoms. The summed E-state index contributed by atoms with van der Waals surface area (Å²) in [6, 6.07) is 18.0. The Morgan fingerprint density at radius 2 is 1.04 bits per heavy atom. The van der Waals surface area contributed by atoms with Gasteiger partial charge in [-0.25, -0.2) is 13.8 Å². The smallest absolute Gasteiger partial charge is 0.255 e. The van der Waals surface area contributed by atoms with Gasteiger partial charge >= 0.3 is 21.1 Å². The van der Waals surface area contributed by atoms with E-state index in [4.69, 9.17) is 0 Å². The fourth-order valence-corrected chi connectivity index (χ4v) is 2.71. The van der Waals surface area contributed by atoms with Crippen molar-refractivity contribution in [2.24, 2.45) is 0 Å². The molecule has 0 spiro atoms. The number of aromatic nitrogens is 3. The first-order chi connectivity index (χ1) is 12.7. The monoisotopic (exact) mass is 540 g/mol. The largest absolute Gasteiger partial charge is 2.00 e. The second kappa shape index (κ2) is 8.27. The Hall–Kier alpha value is -2.78. The van der Waals surface area contributed by atoms with Crippen LogP contribution in [-0.4, -0.2) is 15.0 Å². The van der Waals surface area contributed by atoms with Crippen molar-refractivity contribution in [1.82, 2.24) is 15.0 Å². The van der Waals surface area contributed by atoms with E-state index in [2.05, 4.69) is 15.0 Å². The first kappa shape index (κ1) is 19.0. The summed E-state index contributed by atoms with van der Waals surface area (Å²) in [5.74, 6) is -1.26. The van der Waals surface area contributed by atoms with E-state index in [9.17, 15) is 8.78 Å². The molecule has 0 N–H and O–H groups in total. The molecule has 0 radical (unpaired) electrons. The average Bonchev–Trinajstić information content (AvgIpc) is 2.68. The van der Waals surface area contributed by atoms with Crippen LogP contribution in [0.4, 0.5) is 8.78 Å². The molecule has 3 heterocycles. The normalized spacial score (nSPS) is 10.3. The van der Waals surface area contributed by atoms with Crippen molar-refractivity contribution in [1.29, 1.82) is 0 Å². The molecule has 0 atom stereocenters. The summed E-state index contributed by atoms with van der Waals surface area (Å²) < 4.78 is 27.4. The van der Waals surface area contributed by atoms with Crippen molar-refractivity contribution in [2.45, 2.75) is 0 Å². The predicted molar refractivity (Wildman–Crippen MR) is 96.1 cm³/mol. The Balaban J connectivity index is 0.00000210. The molecule has 4 rings (SSSR count). The quantitative estimate of drug-likeness (QED) is 0.361. The number of hydrogen-bond acceptors (Lipinski definition) is 3. The van der Waals surface area contributed by atoms with Crippen molar-refractivity contribution in [3.8, 4) is 33.9 Å². The molecule has 27 heavy (non-hydrogen) atoms. The van der Waals surface area contributed by atoms with Crippen molar-refractivity contribution in [3.05, 3.63) is 90.8 Å². The van der Waals surface area contributed by atoms with Crippen LogP contribution in [0.15, 0.2) is 79.1 Å². The molecule has 0 fully saturated rings. The van der Waals surface area contributed by atoms with E-state index in [0.29, 0.717) is 33.9 Å². The van der Waals surface area contributed by atoms with Gasteiger partial charge in [0, 0.05) is 18.5 Å². The molecule has 1 aromatic carbocycles. The molecule has 0 unspecified atom stereocenters. The fourth-order valence-electron chi connectivity index (χ4n) is 2.71. The van der Waals surface area contributed by atoms with Crippen LogP contribution in [0.1, 0.15) is 0 Å². The summed E-state index contributed by atoms with van der Waals surface area (Å²) in [6.45, 7) is 0. The molecule has 0 aliphatic heterocycles. The van der Waals surface area contributed by atoms with Gasteiger partial charge in [0.1, 0.15) is 11.6 Å². The molecule has 3 aromatic heterocycles. The molecular formula is C21H13F2N3Pt+2. The van der Waals surface area contributed by atoms with Crippen LogP contribution < -0.4 is 0 Å². The number of nitrogens with zero attached hydrogens (tertiary/aromatic N) is 3. The van der Waals surface area contributed by atoms with E-state index in [0.717, 1.165) is 6.07 Å². The van der Waals surface area contributed by atoms with Crippen LogP contribution in [0, 0.1) is 11.6 Å². The molecule has 0 saturated carbocycles. The third-order valence-electron chi connectivity index (χ3n) is 3.88. The van der Waals surface area contributed by atoms with Crippen LogP contribution in [0.2, 0.25) is 0 Å². The zero-order valence-electron chi connectivity index (χ0n) is 13.9. The minimum Gasteiger partial charge on any atom is -0.255 e. The summed E-state index contributed by atoms with van der Waals surface area (Å²) in [6.07, 6.45) is 3.35. The average molecular weight is 540 g/mol. The second-order valence-corrected chi connectivity index (χ2v) is 5.71. The Kier molecular flexibility index (Phi) is 5.82. The number of halogens is 2. The van der Waals surface area contributed by atoms with Crippen LogP contribution in [-0.2, 0) is 21.1 Å². The van der Waals surface area contributed by atoms with E-state index in [-0.39, 0.29) is 21.1 Å². The molecule has 0 aliphatic rings. The molecule has 134 valence electrons. The van der Waals surface area contributed by atoms with Gasteiger partial charge in [-0.1, -0.05) is 12.1 Å². The molecule has 4 aromatic rings. The topological polar surface area (TPSA) is 38.7 Å². The third kappa shape index (κ3) is 4.32. The van der Waals surface area contributed by atoms with Gasteiger partial charge in [-0.15, -0.1) is 0 Å². The number of benzene rings is 1. The standard InChI is InChI=1S/C21H13F2N3.Pt/c22-16-9-14(10-17(23)13-16)15-11-20(18-5-1-3-7-24-18)26-21(12-15)19-6-2-4-8-25-19;/h1-13H;/q;+2. The number of pyridine rings is 3. The van der Waals surface area contributed by atoms with Crippen LogP contribution >= 0.6 is 0 Å². The van der Waals surface area contributed by atoms with Gasteiger partial charge in [-0.05, 0) is 59.7 Å². The molecule has 0 amide bonds. The van der Waals surface area contributed by atoms with Gasteiger partial charge < -0.3 is 0 Å². The van der Waals surface area contributed by atoms with Gasteiger partial charge in [-0.3, -0.25) is 9.97 Å². The van der Waals surface area contributed by atoms with Crippen molar-refractivity contribution in [2.75, 3.05) is 0 Å². The summed E-state index contributed by atoms with van der Waals surface area (Å²) in [5.41, 5.74) is 3.62. The molecular weight excluding hydrogens is 527 g/mol. The summed E-state index contributed by atoms with van der Waals surface area (Å²) in [4.78, 5) is 13.3. The van der Waals surface area contributed by atoms with Gasteiger partial charge in [0.2, 0.25) is 0 Å². The van der Waals surface area contributed by atoms with E-state index >= 15 is 0 Å². The predicted octanol–water partition coefficient (Wildman–Crippen LogP) is 5.15. The number of rotatable bonds is 3. The zero-order valence-corrected chi connectivity index (χ0v) is 16.2. The summed E-state index contributed by atoms with van der Waals surface area (Å²) in [7, 11) is 0. The van der Waals surface area contributed by atoms with Crippen LogP contribution in [0.25, 0.3) is 33.9 Å². The fraction of sp³-hybridized carbons (Fsp3) is 0. The SMILES string of the molecule is Fc1cc(F)cc(-c2cc(-c3ccccn3)nc(-c3ccccn3)c2)c1.[Pt+2]. The van der Waals surface area contributed by atoms with Gasteiger partial charge in [0.15, 0.2) is 0 Å². The Morgan fingerprint density at radius 3 is 1.48 bits per heavy atom. The maximum absolute atomic E-state index is 13.7. The third-order valence-corrected chi connectivity index (χ3v) is 3.88. The van der Waals surface area contributed by atoms with Crippen LogP contribution in [0.5, 0.6) is 0 Å². The summed E-state index contributed by atoms with van der Waals surface area (Å²) >= 11 is 0. The first-order valence-electron chi connectivity index (χ1n) is 8.00. The van der Waals surface area contributed by atoms with Gasteiger partial charge in [0.05, 0.1) is 22.8 Å². The zero-order chi connectivity index (χ0) is 17.9. The Morgan fingerprint density at radius 1 is 0.556 bits per heavy atom. The van der Waals surface area contributed by atoms with Gasteiger partial charge in [-0.2, -0.15) is 0 Å². The molecule has 3 nitrogen and oxygen atoms in total. The molecule has 6 heteroatoms. The van der Waals surface area contributed by atoms with Crippen LogP contribution in [0.3, 0.4) is 0 Å². The minimum absolute atomic E-state index is 0. The van der Waals surface area contributed by atoms with E-state index in [1.807, 2.05) is 36.4 Å². The van der Waals surface area contributed by atoms with E-state index in [1.165, 1.54) is 12.1 Å². The minimum atomic E-state index is -0.629. The molecule has 0 saturated heterocycles. The van der Waals surface area contributed by atoms with E-state index in [1.54, 1.807) is 24.5 Å². The Labute approximate surface area is 169 Å². The van der Waals surface area contributed by atoms with Crippen molar-refractivity contribution < 1.29 is 29.8 Å². The first-order valence-corrected chi connectivity index (χ1v) is 8.00. The maximum atomic E-state index is 13.7.